The Morgan fingerprint density at radius 3 is 2.63 bits per heavy atom. The van der Waals surface area contributed by atoms with Gasteiger partial charge in [0, 0.05) is 36.9 Å². The second kappa shape index (κ2) is 7.76. The van der Waals surface area contributed by atoms with Gasteiger partial charge in [-0.15, -0.1) is 0 Å². The van der Waals surface area contributed by atoms with Crippen molar-refractivity contribution >= 4 is 5.82 Å². The number of nitrogens with zero attached hydrogens (tertiary/aromatic N) is 1. The Bertz CT molecular complexity index is 787. The van der Waals surface area contributed by atoms with Crippen molar-refractivity contribution in [3.8, 4) is 5.75 Å². The number of nitrogens with one attached hydrogen (secondary N) is 1. The molecular formula is C20H23F3N2O2. The van der Waals surface area contributed by atoms with Crippen LogP contribution in [0.15, 0.2) is 36.5 Å². The van der Waals surface area contributed by atoms with Crippen LogP contribution in [0, 0.1) is 6.92 Å². The molecule has 4 nitrogen and oxygen atoms in total. The average molecular weight is 380 g/mol. The summed E-state index contributed by atoms with van der Waals surface area (Å²) in [5.41, 5.74) is 0.912. The average Bonchev–Trinajstić information content (AvgIpc) is 2.66. The lowest BCUT2D eigenvalue weighted by atomic mass is 9.73. The summed E-state index contributed by atoms with van der Waals surface area (Å²) in [4.78, 5) is 3.92. The van der Waals surface area contributed by atoms with Gasteiger partial charge >= 0.3 is 6.18 Å². The lowest BCUT2D eigenvalue weighted by molar-refractivity contribution is -0.137. The molecule has 2 heterocycles. The fourth-order valence-corrected chi connectivity index (χ4v) is 3.57. The normalized spacial score (nSPS) is 16.8. The van der Waals surface area contributed by atoms with Crippen molar-refractivity contribution in [1.29, 1.82) is 0 Å². The first-order valence-electron chi connectivity index (χ1n) is 8.85. The zero-order valence-electron chi connectivity index (χ0n) is 15.4. The van der Waals surface area contributed by atoms with Crippen molar-refractivity contribution in [2.75, 3.05) is 32.2 Å². The molecule has 1 fully saturated rings. The molecule has 1 aromatic heterocycles. The molecule has 0 amide bonds. The first-order chi connectivity index (χ1) is 12.9. The molecule has 0 atom stereocenters. The number of ether oxygens (including phenoxy) is 2. The van der Waals surface area contributed by atoms with Crippen molar-refractivity contribution in [2.24, 2.45) is 0 Å². The Kier molecular flexibility index (Phi) is 5.60. The molecule has 146 valence electrons. The molecule has 1 saturated heterocycles. The summed E-state index contributed by atoms with van der Waals surface area (Å²) < 4.78 is 50.9. The lowest BCUT2D eigenvalue weighted by Gasteiger charge is -2.39. The van der Waals surface area contributed by atoms with Crippen LogP contribution in [0.4, 0.5) is 19.0 Å². The molecule has 0 bridgehead atoms. The van der Waals surface area contributed by atoms with Crippen molar-refractivity contribution in [3.05, 3.63) is 53.2 Å². The highest BCUT2D eigenvalue weighted by Gasteiger charge is 2.39. The summed E-state index contributed by atoms with van der Waals surface area (Å²) in [5, 5.41) is 2.96. The number of aryl methyl sites for hydroxylation is 1. The van der Waals surface area contributed by atoms with Crippen LogP contribution in [0.5, 0.6) is 5.75 Å². The molecule has 7 heteroatoms. The Morgan fingerprint density at radius 1 is 1.22 bits per heavy atom. The van der Waals surface area contributed by atoms with Gasteiger partial charge in [-0.05, 0) is 38.0 Å². The largest absolute Gasteiger partial charge is 0.496 e. The lowest BCUT2D eigenvalue weighted by Crippen LogP contribution is -2.40. The van der Waals surface area contributed by atoms with Gasteiger partial charge in [-0.2, -0.15) is 13.2 Å². The molecule has 1 aromatic carbocycles. The van der Waals surface area contributed by atoms with E-state index in [9.17, 15) is 13.2 Å². The van der Waals surface area contributed by atoms with E-state index >= 15 is 0 Å². The van der Waals surface area contributed by atoms with E-state index in [1.54, 1.807) is 7.11 Å². The SMILES string of the molecule is COc1ccc(C)cc1C1(CNc2ncccc2C(F)(F)F)CCOCC1. The van der Waals surface area contributed by atoms with Crippen molar-refractivity contribution in [3.63, 3.8) is 0 Å². The highest BCUT2D eigenvalue weighted by Crippen LogP contribution is 2.41. The van der Waals surface area contributed by atoms with Crippen molar-refractivity contribution < 1.29 is 22.6 Å². The van der Waals surface area contributed by atoms with Gasteiger partial charge in [0.05, 0.1) is 12.7 Å². The van der Waals surface area contributed by atoms with Gasteiger partial charge in [0.1, 0.15) is 11.6 Å². The molecule has 0 unspecified atom stereocenters. The number of methoxy groups -OCH3 is 1. The molecule has 1 aliphatic heterocycles. The molecular weight excluding hydrogens is 357 g/mol. The predicted molar refractivity (Wildman–Crippen MR) is 97.2 cm³/mol. The van der Waals surface area contributed by atoms with Crippen LogP contribution in [0.2, 0.25) is 0 Å². The Balaban J connectivity index is 1.95. The summed E-state index contributed by atoms with van der Waals surface area (Å²) in [5.74, 6) is 0.587. The first-order valence-corrected chi connectivity index (χ1v) is 8.85. The molecule has 0 radical (unpaired) electrons. The number of rotatable bonds is 5. The Morgan fingerprint density at radius 2 is 1.96 bits per heavy atom. The maximum atomic E-state index is 13.3. The van der Waals surface area contributed by atoms with Gasteiger partial charge in [-0.25, -0.2) is 4.98 Å². The number of pyridine rings is 1. The minimum Gasteiger partial charge on any atom is -0.496 e. The maximum Gasteiger partial charge on any atom is 0.419 e. The third kappa shape index (κ3) is 4.18. The minimum absolute atomic E-state index is 0.150. The zero-order valence-corrected chi connectivity index (χ0v) is 15.4. The minimum atomic E-state index is -4.46. The summed E-state index contributed by atoms with van der Waals surface area (Å²) >= 11 is 0. The number of aromatic nitrogens is 1. The topological polar surface area (TPSA) is 43.4 Å². The smallest absolute Gasteiger partial charge is 0.419 e. The Labute approximate surface area is 156 Å². The molecule has 0 spiro atoms. The van der Waals surface area contributed by atoms with Gasteiger partial charge in [-0.1, -0.05) is 17.7 Å². The van der Waals surface area contributed by atoms with Crippen LogP contribution in [-0.4, -0.2) is 31.9 Å². The van der Waals surface area contributed by atoms with Crippen LogP contribution in [0.3, 0.4) is 0 Å². The molecule has 1 N–H and O–H groups in total. The molecule has 3 rings (SSSR count). The number of anilines is 1. The summed E-state index contributed by atoms with van der Waals surface area (Å²) in [7, 11) is 1.61. The standard InChI is InChI=1S/C20H23F3N2O2/c1-14-5-6-17(26-2)16(12-14)19(7-10-27-11-8-19)13-25-18-15(20(21,22)23)4-3-9-24-18/h3-6,9,12H,7-8,10-11,13H2,1-2H3,(H,24,25). The van der Waals surface area contributed by atoms with E-state index in [0.29, 0.717) is 32.6 Å². The van der Waals surface area contributed by atoms with Crippen LogP contribution >= 0.6 is 0 Å². The van der Waals surface area contributed by atoms with Gasteiger partial charge in [0.15, 0.2) is 0 Å². The van der Waals surface area contributed by atoms with Gasteiger partial charge in [-0.3, -0.25) is 0 Å². The Hall–Kier alpha value is -2.28. The molecule has 0 aliphatic carbocycles. The highest BCUT2D eigenvalue weighted by atomic mass is 19.4. The van der Waals surface area contributed by atoms with Crippen molar-refractivity contribution in [2.45, 2.75) is 31.4 Å². The van der Waals surface area contributed by atoms with E-state index in [2.05, 4.69) is 16.4 Å². The fourth-order valence-electron chi connectivity index (χ4n) is 3.57. The molecule has 27 heavy (non-hydrogen) atoms. The summed E-state index contributed by atoms with van der Waals surface area (Å²) in [6, 6.07) is 8.25. The number of alkyl halides is 3. The monoisotopic (exact) mass is 380 g/mol. The van der Waals surface area contributed by atoms with E-state index < -0.39 is 17.2 Å². The highest BCUT2D eigenvalue weighted by molar-refractivity contribution is 5.48. The first kappa shape index (κ1) is 19.5. The third-order valence-corrected chi connectivity index (χ3v) is 5.08. The molecule has 0 saturated carbocycles. The van der Waals surface area contributed by atoms with Gasteiger partial charge in [0.25, 0.3) is 0 Å². The quantitative estimate of drug-likeness (QED) is 0.825. The number of hydrogen-bond acceptors (Lipinski definition) is 4. The van der Waals surface area contributed by atoms with Gasteiger partial charge in [0.2, 0.25) is 0 Å². The predicted octanol–water partition coefficient (Wildman–Crippen LogP) is 4.58. The van der Waals surface area contributed by atoms with E-state index in [1.807, 2.05) is 19.1 Å². The molecule has 1 aliphatic rings. The van der Waals surface area contributed by atoms with Crippen molar-refractivity contribution in [1.82, 2.24) is 4.98 Å². The van der Waals surface area contributed by atoms with E-state index in [-0.39, 0.29) is 5.82 Å². The number of hydrogen-bond donors (Lipinski definition) is 1. The van der Waals surface area contributed by atoms with E-state index in [0.717, 1.165) is 22.9 Å². The fraction of sp³-hybridized carbons (Fsp3) is 0.450. The third-order valence-electron chi connectivity index (χ3n) is 5.08. The summed E-state index contributed by atoms with van der Waals surface area (Å²) in [6.07, 6.45) is -1.72. The van der Waals surface area contributed by atoms with Crippen LogP contribution in [0.1, 0.15) is 29.5 Å². The summed E-state index contributed by atoms with van der Waals surface area (Å²) in [6.45, 7) is 3.40. The van der Waals surface area contributed by atoms with Crippen LogP contribution < -0.4 is 10.1 Å². The second-order valence-corrected chi connectivity index (χ2v) is 6.85. The second-order valence-electron chi connectivity index (χ2n) is 6.85. The maximum absolute atomic E-state index is 13.3. The van der Waals surface area contributed by atoms with E-state index in [4.69, 9.17) is 9.47 Å². The van der Waals surface area contributed by atoms with Gasteiger partial charge < -0.3 is 14.8 Å². The molecule has 2 aromatic rings. The number of benzene rings is 1. The van der Waals surface area contributed by atoms with Crippen LogP contribution in [-0.2, 0) is 16.3 Å². The van der Waals surface area contributed by atoms with Crippen LogP contribution in [0.25, 0.3) is 0 Å². The van der Waals surface area contributed by atoms with E-state index in [1.165, 1.54) is 12.3 Å². The zero-order chi connectivity index (χ0) is 19.5. The number of halogens is 3.